The summed E-state index contributed by atoms with van der Waals surface area (Å²) in [4.78, 5) is 17.8. The first-order valence-electron chi connectivity index (χ1n) is 9.81. The van der Waals surface area contributed by atoms with Crippen molar-refractivity contribution in [3.63, 3.8) is 0 Å². The lowest BCUT2D eigenvalue weighted by Crippen LogP contribution is -2.50. The standard InChI is InChI=1S/C23H29BrN2O/c1-18(24)16-23(27)26(20-12-7-4-8-13-20)22-15-9-14-21(22)25(2)17-19-10-5-3-6-11-19/h3-8,10-13,18,21-22H,9,14-17H2,1-2H3. The van der Waals surface area contributed by atoms with Crippen LogP contribution in [0.4, 0.5) is 5.69 Å². The highest BCUT2D eigenvalue weighted by atomic mass is 79.9. The molecule has 1 aliphatic carbocycles. The van der Waals surface area contributed by atoms with Gasteiger partial charge in [-0.2, -0.15) is 0 Å². The third-order valence-corrected chi connectivity index (χ3v) is 5.70. The Hall–Kier alpha value is -1.65. The summed E-state index contributed by atoms with van der Waals surface area (Å²) in [5, 5.41) is 0. The summed E-state index contributed by atoms with van der Waals surface area (Å²) in [6.45, 7) is 2.95. The molecule has 0 heterocycles. The molecule has 3 unspecified atom stereocenters. The summed E-state index contributed by atoms with van der Waals surface area (Å²) in [6.07, 6.45) is 3.87. The van der Waals surface area contributed by atoms with E-state index in [1.165, 1.54) is 5.56 Å². The van der Waals surface area contributed by atoms with Crippen molar-refractivity contribution in [3.05, 3.63) is 66.2 Å². The maximum Gasteiger partial charge on any atom is 0.228 e. The molecule has 1 saturated carbocycles. The summed E-state index contributed by atoms with van der Waals surface area (Å²) in [7, 11) is 2.19. The average Bonchev–Trinajstić information content (AvgIpc) is 3.12. The van der Waals surface area contributed by atoms with Crippen molar-refractivity contribution in [2.75, 3.05) is 11.9 Å². The smallest absolute Gasteiger partial charge is 0.228 e. The Kier molecular flexibility index (Phi) is 7.08. The van der Waals surface area contributed by atoms with Crippen LogP contribution in [0, 0.1) is 0 Å². The summed E-state index contributed by atoms with van der Waals surface area (Å²) >= 11 is 3.55. The van der Waals surface area contributed by atoms with Crippen molar-refractivity contribution >= 4 is 27.5 Å². The van der Waals surface area contributed by atoms with E-state index >= 15 is 0 Å². The average molecular weight is 429 g/mol. The van der Waals surface area contributed by atoms with Gasteiger partial charge in [-0.15, -0.1) is 0 Å². The normalized spacial score (nSPS) is 20.6. The molecular formula is C23H29BrN2O. The Morgan fingerprint density at radius 1 is 1.04 bits per heavy atom. The van der Waals surface area contributed by atoms with E-state index in [0.717, 1.165) is 31.5 Å². The van der Waals surface area contributed by atoms with Crippen LogP contribution in [-0.4, -0.2) is 34.8 Å². The monoisotopic (exact) mass is 428 g/mol. The zero-order chi connectivity index (χ0) is 19.2. The molecule has 3 atom stereocenters. The van der Waals surface area contributed by atoms with Gasteiger partial charge in [0.05, 0.1) is 6.04 Å². The van der Waals surface area contributed by atoms with Crippen molar-refractivity contribution in [3.8, 4) is 0 Å². The molecule has 0 aliphatic heterocycles. The predicted molar refractivity (Wildman–Crippen MR) is 116 cm³/mol. The molecule has 0 radical (unpaired) electrons. The largest absolute Gasteiger partial charge is 0.308 e. The SMILES string of the molecule is CC(Br)CC(=O)N(c1ccccc1)C1CCCC1N(C)Cc1ccccc1. The fourth-order valence-corrected chi connectivity index (χ4v) is 4.45. The van der Waals surface area contributed by atoms with Gasteiger partial charge in [-0.25, -0.2) is 0 Å². The Morgan fingerprint density at radius 3 is 2.26 bits per heavy atom. The minimum absolute atomic E-state index is 0.179. The molecule has 1 fully saturated rings. The van der Waals surface area contributed by atoms with Gasteiger partial charge in [0.2, 0.25) is 5.91 Å². The number of amides is 1. The van der Waals surface area contributed by atoms with E-state index < -0.39 is 0 Å². The molecule has 2 aromatic rings. The number of rotatable bonds is 7. The highest BCUT2D eigenvalue weighted by molar-refractivity contribution is 9.09. The van der Waals surface area contributed by atoms with Crippen LogP contribution in [-0.2, 0) is 11.3 Å². The van der Waals surface area contributed by atoms with Gasteiger partial charge < -0.3 is 4.90 Å². The van der Waals surface area contributed by atoms with Crippen LogP contribution in [0.15, 0.2) is 60.7 Å². The first-order chi connectivity index (χ1) is 13.1. The number of carbonyl (C=O) groups excluding carboxylic acids is 1. The van der Waals surface area contributed by atoms with Gasteiger partial charge in [0.25, 0.3) is 0 Å². The number of likely N-dealkylation sites (N-methyl/N-ethyl adjacent to an activating group) is 1. The van der Waals surface area contributed by atoms with Crippen molar-refractivity contribution in [2.45, 2.75) is 56.1 Å². The fourth-order valence-electron chi connectivity index (χ4n) is 4.17. The van der Waals surface area contributed by atoms with Crippen LogP contribution >= 0.6 is 15.9 Å². The van der Waals surface area contributed by atoms with Crippen LogP contribution < -0.4 is 4.90 Å². The molecular weight excluding hydrogens is 400 g/mol. The molecule has 3 nitrogen and oxygen atoms in total. The number of nitrogens with zero attached hydrogens (tertiary/aromatic N) is 2. The number of benzene rings is 2. The van der Waals surface area contributed by atoms with Crippen LogP contribution in [0.3, 0.4) is 0 Å². The maximum absolute atomic E-state index is 13.1. The summed E-state index contributed by atoms with van der Waals surface area (Å²) in [6, 6.07) is 21.3. The molecule has 3 rings (SSSR count). The van der Waals surface area contributed by atoms with Gasteiger partial charge in [0, 0.05) is 29.5 Å². The zero-order valence-electron chi connectivity index (χ0n) is 16.2. The molecule has 4 heteroatoms. The number of hydrogen-bond acceptors (Lipinski definition) is 2. The lowest BCUT2D eigenvalue weighted by molar-refractivity contribution is -0.119. The molecule has 0 bridgehead atoms. The predicted octanol–water partition coefficient (Wildman–Crippen LogP) is 5.25. The number of halogens is 1. The van der Waals surface area contributed by atoms with E-state index in [4.69, 9.17) is 0 Å². The van der Waals surface area contributed by atoms with Crippen LogP contribution in [0.25, 0.3) is 0 Å². The van der Waals surface area contributed by atoms with E-state index in [2.05, 4.69) is 75.2 Å². The Bertz CT molecular complexity index is 720. The number of para-hydroxylation sites is 1. The number of hydrogen-bond donors (Lipinski definition) is 0. The van der Waals surface area contributed by atoms with Gasteiger partial charge in [0.15, 0.2) is 0 Å². The molecule has 0 N–H and O–H groups in total. The molecule has 0 spiro atoms. The first-order valence-corrected chi connectivity index (χ1v) is 10.7. The van der Waals surface area contributed by atoms with E-state index in [1.54, 1.807) is 0 Å². The van der Waals surface area contributed by atoms with Crippen molar-refractivity contribution in [2.24, 2.45) is 0 Å². The van der Waals surface area contributed by atoms with Gasteiger partial charge >= 0.3 is 0 Å². The molecule has 0 saturated heterocycles. The second-order valence-corrected chi connectivity index (χ2v) is 9.11. The molecule has 27 heavy (non-hydrogen) atoms. The fraction of sp³-hybridized carbons (Fsp3) is 0.435. The summed E-state index contributed by atoms with van der Waals surface area (Å²) in [5.41, 5.74) is 2.33. The van der Waals surface area contributed by atoms with E-state index in [1.807, 2.05) is 25.1 Å². The molecule has 1 amide bonds. The Balaban J connectivity index is 1.82. The van der Waals surface area contributed by atoms with Crippen LogP contribution in [0.2, 0.25) is 0 Å². The van der Waals surface area contributed by atoms with Gasteiger partial charge in [-0.3, -0.25) is 9.69 Å². The van der Waals surface area contributed by atoms with E-state index in [-0.39, 0.29) is 16.8 Å². The van der Waals surface area contributed by atoms with E-state index in [0.29, 0.717) is 12.5 Å². The lowest BCUT2D eigenvalue weighted by Gasteiger charge is -2.37. The molecule has 144 valence electrons. The van der Waals surface area contributed by atoms with Crippen molar-refractivity contribution in [1.82, 2.24) is 4.90 Å². The van der Waals surface area contributed by atoms with Crippen molar-refractivity contribution < 1.29 is 4.79 Å². The zero-order valence-corrected chi connectivity index (χ0v) is 17.8. The maximum atomic E-state index is 13.1. The van der Waals surface area contributed by atoms with Crippen molar-refractivity contribution in [1.29, 1.82) is 0 Å². The number of carbonyl (C=O) groups is 1. The Labute approximate surface area is 171 Å². The topological polar surface area (TPSA) is 23.6 Å². The second-order valence-electron chi connectivity index (χ2n) is 7.55. The number of alkyl halides is 1. The van der Waals surface area contributed by atoms with Gasteiger partial charge in [-0.05, 0) is 44.0 Å². The first kappa shape index (κ1) is 20.1. The highest BCUT2D eigenvalue weighted by Gasteiger charge is 2.37. The molecule has 1 aliphatic rings. The molecule has 0 aromatic heterocycles. The third-order valence-electron chi connectivity index (χ3n) is 5.38. The second kappa shape index (κ2) is 9.52. The van der Waals surface area contributed by atoms with Gasteiger partial charge in [-0.1, -0.05) is 71.4 Å². The molecule has 2 aromatic carbocycles. The minimum atomic E-state index is 0.179. The third kappa shape index (κ3) is 5.20. The van der Waals surface area contributed by atoms with Crippen LogP contribution in [0.1, 0.15) is 38.2 Å². The highest BCUT2D eigenvalue weighted by Crippen LogP contribution is 2.33. The van der Waals surface area contributed by atoms with Crippen LogP contribution in [0.5, 0.6) is 0 Å². The van der Waals surface area contributed by atoms with Gasteiger partial charge in [0.1, 0.15) is 0 Å². The summed E-state index contributed by atoms with van der Waals surface area (Å²) < 4.78 is 0. The number of anilines is 1. The lowest BCUT2D eigenvalue weighted by atomic mass is 10.1. The minimum Gasteiger partial charge on any atom is -0.308 e. The summed E-state index contributed by atoms with van der Waals surface area (Å²) in [5.74, 6) is 0.204. The quantitative estimate of drug-likeness (QED) is 0.562. The van der Waals surface area contributed by atoms with E-state index in [9.17, 15) is 4.79 Å². The Morgan fingerprint density at radius 2 is 1.63 bits per heavy atom.